The van der Waals surface area contributed by atoms with Gasteiger partial charge in [-0.2, -0.15) is 0 Å². The number of carbonyl (C=O) groups is 3. The smallest absolute Gasteiger partial charge is 0.370 e. The van der Waals surface area contributed by atoms with Crippen LogP contribution in [0.5, 0.6) is 0 Å². The summed E-state index contributed by atoms with van der Waals surface area (Å²) < 4.78 is 5.26. The summed E-state index contributed by atoms with van der Waals surface area (Å²) in [6.07, 6.45) is -2.62. The summed E-state index contributed by atoms with van der Waals surface area (Å²) in [5.41, 5.74) is 13.1. The summed E-state index contributed by atoms with van der Waals surface area (Å²) in [4.78, 5) is 39.6. The Morgan fingerprint density at radius 1 is 1.20 bits per heavy atom. The fourth-order valence-corrected chi connectivity index (χ4v) is 3.50. The lowest BCUT2D eigenvalue weighted by molar-refractivity contribution is -0.145. The molecule has 2 rings (SSSR count). The molecule has 0 radical (unpaired) electrons. The van der Waals surface area contributed by atoms with Gasteiger partial charge in [0.05, 0.1) is 18.7 Å². The number of aliphatic carboxylic acids is 1. The molecule has 0 aliphatic carbocycles. The van der Waals surface area contributed by atoms with E-state index in [4.69, 9.17) is 21.3 Å². The van der Waals surface area contributed by atoms with Gasteiger partial charge in [0.1, 0.15) is 18.3 Å². The minimum absolute atomic E-state index is 0.129. The number of benzene rings is 1. The molecule has 0 saturated heterocycles. The lowest BCUT2D eigenvalue weighted by Gasteiger charge is -2.38. The molecule has 0 unspecified atom stereocenters. The van der Waals surface area contributed by atoms with Crippen LogP contribution in [0.4, 0.5) is 5.69 Å². The van der Waals surface area contributed by atoms with Crippen LogP contribution < -0.4 is 22.1 Å². The quantitative estimate of drug-likeness (QED) is 0.101. The number of hydrogen-bond acceptors (Lipinski definition) is 9. The average Bonchev–Trinajstić information content (AvgIpc) is 2.79. The zero-order chi connectivity index (χ0) is 26.1. The van der Waals surface area contributed by atoms with E-state index < -0.39 is 60.5 Å². The highest BCUT2D eigenvalue weighted by Crippen LogP contribution is 2.25. The minimum atomic E-state index is -1.78. The highest BCUT2D eigenvalue weighted by Gasteiger charge is 2.43. The van der Waals surface area contributed by atoms with Crippen molar-refractivity contribution in [1.29, 1.82) is 0 Å². The number of amides is 2. The maximum Gasteiger partial charge on any atom is 0.370 e. The van der Waals surface area contributed by atoms with Crippen molar-refractivity contribution in [3.05, 3.63) is 41.7 Å². The van der Waals surface area contributed by atoms with E-state index in [1.807, 2.05) is 12.1 Å². The summed E-state index contributed by atoms with van der Waals surface area (Å²) in [6.45, 7) is 0.331. The number of aliphatic imine (C=N–C) groups is 1. The van der Waals surface area contributed by atoms with E-state index in [9.17, 15) is 29.7 Å². The van der Waals surface area contributed by atoms with Crippen molar-refractivity contribution in [3.63, 3.8) is 0 Å². The van der Waals surface area contributed by atoms with Crippen molar-refractivity contribution < 1.29 is 39.5 Å². The van der Waals surface area contributed by atoms with Crippen molar-refractivity contribution in [2.45, 2.75) is 56.6 Å². The Balaban J connectivity index is 2.14. The second-order valence-corrected chi connectivity index (χ2v) is 8.03. The molecule has 13 heteroatoms. The first-order valence-electron chi connectivity index (χ1n) is 10.8. The third-order valence-electron chi connectivity index (χ3n) is 5.21. The Hall–Kier alpha value is -3.68. The lowest BCUT2D eigenvalue weighted by Crippen LogP contribution is -2.60. The summed E-state index contributed by atoms with van der Waals surface area (Å²) in [5.74, 6) is -3.45. The molecule has 0 aromatic heterocycles. The Morgan fingerprint density at radius 2 is 1.86 bits per heavy atom. The van der Waals surface area contributed by atoms with E-state index in [-0.39, 0.29) is 12.4 Å². The normalized spacial score (nSPS) is 21.8. The molecule has 10 N–H and O–H groups in total. The molecule has 1 aromatic carbocycles. The number of aryl methyl sites for hydroxylation is 1. The molecule has 0 saturated carbocycles. The number of aliphatic hydroxyl groups is 3. The third kappa shape index (κ3) is 8.24. The molecular weight excluding hydrogens is 462 g/mol. The van der Waals surface area contributed by atoms with Crippen LogP contribution in [0.1, 0.15) is 25.3 Å². The molecule has 0 fully saturated rings. The standard InChI is InChI=1S/C22H31N5O8/c1-11(29)25-18-14(9-16(21(33)34)35-20(18)19(32)15(30)10-28)26-22(24)27-17(31)4-2-3-12-5-7-13(23)8-6-12/h5-9,14-15,18-20,28,30,32H,2-4,10,23H2,1H3,(H,25,29)(H,33,34)(H3,24,26,27,31)/t14-,15+,18+,19+,20+/m0/s1. The fraction of sp³-hybridized carbons (Fsp3) is 0.455. The van der Waals surface area contributed by atoms with E-state index in [2.05, 4.69) is 15.6 Å². The van der Waals surface area contributed by atoms with Crippen LogP contribution in [-0.4, -0.2) is 81.2 Å². The van der Waals surface area contributed by atoms with Crippen LogP contribution in [0.25, 0.3) is 0 Å². The number of nitrogens with two attached hydrogens (primary N) is 2. The van der Waals surface area contributed by atoms with Gasteiger partial charge < -0.3 is 41.9 Å². The number of carboxylic acid groups (broad SMARTS) is 1. The van der Waals surface area contributed by atoms with Crippen LogP contribution in [-0.2, 0) is 25.5 Å². The SMILES string of the molecule is CC(=O)N[C@H]1[C@H]([C@H](O)[C@H](O)CO)OC(C(=O)O)=C[C@@H]1N=C(N)NC(=O)CCCc1ccc(N)cc1. The van der Waals surface area contributed by atoms with Crippen LogP contribution in [0.3, 0.4) is 0 Å². The van der Waals surface area contributed by atoms with Gasteiger partial charge in [-0.05, 0) is 36.6 Å². The molecule has 2 amide bonds. The van der Waals surface area contributed by atoms with E-state index in [0.717, 1.165) is 11.6 Å². The zero-order valence-electron chi connectivity index (χ0n) is 19.1. The number of guanidine groups is 1. The van der Waals surface area contributed by atoms with Crippen molar-refractivity contribution in [3.8, 4) is 0 Å². The molecule has 1 aliphatic rings. The largest absolute Gasteiger partial charge is 0.478 e. The van der Waals surface area contributed by atoms with E-state index in [0.29, 0.717) is 18.5 Å². The first kappa shape index (κ1) is 27.6. The van der Waals surface area contributed by atoms with Gasteiger partial charge in [-0.15, -0.1) is 0 Å². The van der Waals surface area contributed by atoms with E-state index in [1.54, 1.807) is 12.1 Å². The lowest BCUT2D eigenvalue weighted by atomic mass is 9.92. The van der Waals surface area contributed by atoms with E-state index in [1.165, 1.54) is 6.92 Å². The second kappa shape index (κ2) is 12.7. The Morgan fingerprint density at radius 3 is 2.43 bits per heavy atom. The van der Waals surface area contributed by atoms with Crippen LogP contribution in [0.2, 0.25) is 0 Å². The van der Waals surface area contributed by atoms with Gasteiger partial charge in [0.25, 0.3) is 0 Å². The van der Waals surface area contributed by atoms with Gasteiger partial charge in [0.15, 0.2) is 5.96 Å². The van der Waals surface area contributed by atoms with Crippen LogP contribution in [0, 0.1) is 0 Å². The molecule has 0 spiro atoms. The van der Waals surface area contributed by atoms with Crippen molar-refractivity contribution in [2.24, 2.45) is 10.7 Å². The minimum Gasteiger partial charge on any atom is -0.478 e. The second-order valence-electron chi connectivity index (χ2n) is 8.03. The number of carboxylic acids is 1. The molecule has 1 aromatic rings. The molecule has 35 heavy (non-hydrogen) atoms. The van der Waals surface area contributed by atoms with Gasteiger partial charge in [0, 0.05) is 19.0 Å². The van der Waals surface area contributed by atoms with Crippen molar-refractivity contribution in [2.75, 3.05) is 12.3 Å². The maximum atomic E-state index is 12.3. The number of ether oxygens (including phenoxy) is 1. The maximum absolute atomic E-state index is 12.3. The highest BCUT2D eigenvalue weighted by atomic mass is 16.5. The van der Waals surface area contributed by atoms with Gasteiger partial charge in [-0.3, -0.25) is 14.9 Å². The Kier molecular flexibility index (Phi) is 9.99. The van der Waals surface area contributed by atoms with Gasteiger partial charge >= 0.3 is 5.97 Å². The monoisotopic (exact) mass is 493 g/mol. The molecule has 13 nitrogen and oxygen atoms in total. The fourth-order valence-electron chi connectivity index (χ4n) is 3.50. The van der Waals surface area contributed by atoms with Gasteiger partial charge in [0.2, 0.25) is 17.6 Å². The highest BCUT2D eigenvalue weighted by molar-refractivity contribution is 5.96. The van der Waals surface area contributed by atoms with Crippen LogP contribution >= 0.6 is 0 Å². The number of anilines is 1. The molecule has 192 valence electrons. The van der Waals surface area contributed by atoms with E-state index >= 15 is 0 Å². The number of rotatable bonds is 10. The van der Waals surface area contributed by atoms with Crippen molar-refractivity contribution >= 4 is 29.4 Å². The number of nitrogens with one attached hydrogen (secondary N) is 2. The Bertz CT molecular complexity index is 965. The molecule has 5 atom stereocenters. The number of nitrogens with zero attached hydrogens (tertiary/aromatic N) is 1. The topological polar surface area (TPSA) is 230 Å². The number of nitrogen functional groups attached to an aromatic ring is 1. The number of hydrogen-bond donors (Lipinski definition) is 8. The molecular formula is C22H31N5O8. The summed E-state index contributed by atoms with van der Waals surface area (Å²) >= 11 is 0. The van der Waals surface area contributed by atoms with Crippen LogP contribution in [0.15, 0.2) is 41.1 Å². The number of carbonyl (C=O) groups excluding carboxylic acids is 2. The molecule has 1 aliphatic heterocycles. The predicted octanol–water partition coefficient (Wildman–Crippen LogP) is -2.02. The first-order valence-corrected chi connectivity index (χ1v) is 10.8. The van der Waals surface area contributed by atoms with Gasteiger partial charge in [-0.25, -0.2) is 9.79 Å². The van der Waals surface area contributed by atoms with Crippen molar-refractivity contribution in [1.82, 2.24) is 10.6 Å². The zero-order valence-corrected chi connectivity index (χ0v) is 19.1. The molecule has 0 bridgehead atoms. The number of aliphatic hydroxyl groups excluding tert-OH is 3. The predicted molar refractivity (Wildman–Crippen MR) is 125 cm³/mol. The third-order valence-corrected chi connectivity index (χ3v) is 5.21. The Labute approximate surface area is 201 Å². The first-order chi connectivity index (χ1) is 16.5. The summed E-state index contributed by atoms with van der Waals surface area (Å²) in [7, 11) is 0. The summed E-state index contributed by atoms with van der Waals surface area (Å²) in [6, 6.07) is 4.90. The molecule has 1 heterocycles. The summed E-state index contributed by atoms with van der Waals surface area (Å²) in [5, 5.41) is 43.6. The average molecular weight is 494 g/mol. The van der Waals surface area contributed by atoms with Gasteiger partial charge in [-0.1, -0.05) is 12.1 Å².